The maximum Gasteiger partial charge on any atom is 0.313 e. The second-order valence-corrected chi connectivity index (χ2v) is 5.27. The molecule has 20 heavy (non-hydrogen) atoms. The summed E-state index contributed by atoms with van der Waals surface area (Å²) in [4.78, 5) is 23.5. The molecule has 0 aromatic heterocycles. The molecule has 0 saturated carbocycles. The molecule has 0 saturated heterocycles. The highest BCUT2D eigenvalue weighted by molar-refractivity contribution is 6.40. The van der Waals surface area contributed by atoms with Gasteiger partial charge < -0.3 is 15.7 Å². The lowest BCUT2D eigenvalue weighted by atomic mass is 10.1. The number of aryl methyl sites for hydroxylation is 1. The summed E-state index contributed by atoms with van der Waals surface area (Å²) in [6, 6.07) is 4.75. The average molecular weight is 299 g/mol. The largest absolute Gasteiger partial charge is 0.396 e. The number of hydrogen-bond donors (Lipinski definition) is 3. The molecule has 0 radical (unpaired) electrons. The second kappa shape index (κ2) is 7.26. The van der Waals surface area contributed by atoms with Gasteiger partial charge in [-0.25, -0.2) is 0 Å². The molecule has 2 amide bonds. The van der Waals surface area contributed by atoms with Crippen LogP contribution >= 0.6 is 11.6 Å². The van der Waals surface area contributed by atoms with Gasteiger partial charge in [-0.1, -0.05) is 24.6 Å². The third-order valence-electron chi connectivity index (χ3n) is 3.15. The van der Waals surface area contributed by atoms with Crippen molar-refractivity contribution in [1.82, 2.24) is 5.32 Å². The Labute approximate surface area is 123 Å². The fourth-order valence-electron chi connectivity index (χ4n) is 1.48. The van der Waals surface area contributed by atoms with Gasteiger partial charge in [-0.2, -0.15) is 0 Å². The van der Waals surface area contributed by atoms with Gasteiger partial charge in [-0.05, 0) is 37.5 Å². The van der Waals surface area contributed by atoms with Gasteiger partial charge in [0.1, 0.15) is 0 Å². The molecule has 6 heteroatoms. The highest BCUT2D eigenvalue weighted by Gasteiger charge is 2.19. The lowest BCUT2D eigenvalue weighted by molar-refractivity contribution is -0.136. The van der Waals surface area contributed by atoms with Gasteiger partial charge in [-0.3, -0.25) is 9.59 Å². The molecule has 1 aromatic carbocycles. The summed E-state index contributed by atoms with van der Waals surface area (Å²) in [7, 11) is 0. The fourth-order valence-corrected chi connectivity index (χ4v) is 1.65. The molecule has 0 aliphatic heterocycles. The first-order valence-electron chi connectivity index (χ1n) is 6.34. The Morgan fingerprint density at radius 2 is 1.95 bits per heavy atom. The second-order valence-electron chi connectivity index (χ2n) is 4.84. The van der Waals surface area contributed by atoms with E-state index in [0.29, 0.717) is 10.7 Å². The molecule has 1 rings (SSSR count). The number of aliphatic hydroxyl groups is 1. The van der Waals surface area contributed by atoms with E-state index in [2.05, 4.69) is 10.6 Å². The Morgan fingerprint density at radius 3 is 2.55 bits per heavy atom. The number of carbonyl (C=O) groups is 2. The number of carbonyl (C=O) groups excluding carboxylic acids is 2. The molecule has 2 atom stereocenters. The van der Waals surface area contributed by atoms with E-state index in [1.165, 1.54) is 0 Å². The van der Waals surface area contributed by atoms with Crippen LogP contribution in [0.1, 0.15) is 19.4 Å². The maximum atomic E-state index is 11.8. The third-order valence-corrected chi connectivity index (χ3v) is 3.39. The van der Waals surface area contributed by atoms with Gasteiger partial charge in [-0.15, -0.1) is 0 Å². The molecule has 110 valence electrons. The summed E-state index contributed by atoms with van der Waals surface area (Å²) in [6.45, 7) is 5.26. The summed E-state index contributed by atoms with van der Waals surface area (Å²) in [5, 5.41) is 14.5. The van der Waals surface area contributed by atoms with E-state index in [1.807, 2.05) is 0 Å². The lowest BCUT2D eigenvalue weighted by Crippen LogP contribution is -2.44. The molecule has 0 spiro atoms. The number of nitrogens with one attached hydrogen (secondary N) is 2. The normalized spacial score (nSPS) is 13.4. The number of benzene rings is 1. The molecule has 0 aliphatic carbocycles. The monoisotopic (exact) mass is 298 g/mol. The zero-order valence-electron chi connectivity index (χ0n) is 11.7. The van der Waals surface area contributed by atoms with Crippen LogP contribution in [0.4, 0.5) is 5.69 Å². The van der Waals surface area contributed by atoms with Crippen molar-refractivity contribution in [3.8, 4) is 0 Å². The molecule has 1 aromatic rings. The zero-order valence-corrected chi connectivity index (χ0v) is 12.5. The van der Waals surface area contributed by atoms with Crippen molar-refractivity contribution in [2.45, 2.75) is 26.8 Å². The molecule has 3 N–H and O–H groups in total. The predicted molar refractivity (Wildman–Crippen MR) is 78.7 cm³/mol. The first-order valence-corrected chi connectivity index (χ1v) is 6.71. The number of aliphatic hydroxyl groups excluding tert-OH is 1. The minimum atomic E-state index is -0.757. The maximum absolute atomic E-state index is 11.8. The van der Waals surface area contributed by atoms with Gasteiger partial charge in [0.25, 0.3) is 0 Å². The van der Waals surface area contributed by atoms with Crippen LogP contribution in [0.3, 0.4) is 0 Å². The van der Waals surface area contributed by atoms with Crippen molar-refractivity contribution in [2.24, 2.45) is 5.92 Å². The zero-order chi connectivity index (χ0) is 15.3. The molecular weight excluding hydrogens is 280 g/mol. The Kier molecular flexibility index (Phi) is 5.98. The number of rotatable bonds is 4. The van der Waals surface area contributed by atoms with Gasteiger partial charge in [0, 0.05) is 23.4 Å². The fraction of sp³-hybridized carbons (Fsp3) is 0.429. The quantitative estimate of drug-likeness (QED) is 0.741. The lowest BCUT2D eigenvalue weighted by Gasteiger charge is -2.19. The molecule has 0 fully saturated rings. The highest BCUT2D eigenvalue weighted by Crippen LogP contribution is 2.19. The highest BCUT2D eigenvalue weighted by atomic mass is 35.5. The van der Waals surface area contributed by atoms with Crippen LogP contribution in [0.15, 0.2) is 18.2 Å². The van der Waals surface area contributed by atoms with E-state index < -0.39 is 11.8 Å². The van der Waals surface area contributed by atoms with E-state index in [4.69, 9.17) is 16.7 Å². The van der Waals surface area contributed by atoms with Gasteiger partial charge in [0.15, 0.2) is 0 Å². The summed E-state index contributed by atoms with van der Waals surface area (Å²) < 4.78 is 0. The number of hydrogen-bond acceptors (Lipinski definition) is 3. The Morgan fingerprint density at radius 1 is 1.30 bits per heavy atom. The minimum absolute atomic E-state index is 0.0591. The van der Waals surface area contributed by atoms with Crippen molar-refractivity contribution in [3.05, 3.63) is 28.8 Å². The van der Waals surface area contributed by atoms with Crippen molar-refractivity contribution in [3.63, 3.8) is 0 Å². The molecule has 2 unspecified atom stereocenters. The van der Waals surface area contributed by atoms with Crippen LogP contribution in [0, 0.1) is 12.8 Å². The molecule has 0 aliphatic rings. The molecule has 0 bridgehead atoms. The Hall–Kier alpha value is -1.59. The van der Waals surface area contributed by atoms with Gasteiger partial charge >= 0.3 is 11.8 Å². The van der Waals surface area contributed by atoms with Crippen LogP contribution in [0.2, 0.25) is 5.02 Å². The Bertz CT molecular complexity index is 505. The van der Waals surface area contributed by atoms with Crippen molar-refractivity contribution in [2.75, 3.05) is 11.9 Å². The van der Waals surface area contributed by atoms with E-state index in [1.54, 1.807) is 39.0 Å². The summed E-state index contributed by atoms with van der Waals surface area (Å²) >= 11 is 5.84. The van der Waals surface area contributed by atoms with Gasteiger partial charge in [0.05, 0.1) is 0 Å². The van der Waals surface area contributed by atoms with Crippen LogP contribution in [0.25, 0.3) is 0 Å². The van der Waals surface area contributed by atoms with E-state index in [9.17, 15) is 9.59 Å². The third kappa shape index (κ3) is 4.51. The van der Waals surface area contributed by atoms with Crippen LogP contribution in [-0.2, 0) is 9.59 Å². The molecule has 0 heterocycles. The predicted octanol–water partition coefficient (Wildman–Crippen LogP) is 1.72. The van der Waals surface area contributed by atoms with Crippen LogP contribution in [-0.4, -0.2) is 29.6 Å². The summed E-state index contributed by atoms with van der Waals surface area (Å²) in [5.41, 5.74) is 1.31. The first kappa shape index (κ1) is 16.5. The Balaban J connectivity index is 2.66. The molecule has 5 nitrogen and oxygen atoms in total. The van der Waals surface area contributed by atoms with Crippen molar-refractivity contribution in [1.29, 1.82) is 0 Å². The van der Waals surface area contributed by atoms with Crippen molar-refractivity contribution < 1.29 is 14.7 Å². The summed E-state index contributed by atoms with van der Waals surface area (Å²) in [6.07, 6.45) is 0. The van der Waals surface area contributed by atoms with Crippen LogP contribution < -0.4 is 10.6 Å². The van der Waals surface area contributed by atoms with E-state index in [0.717, 1.165) is 5.56 Å². The standard InChI is InChI=1S/C14H19ClN2O3/c1-8-4-5-11(15)6-12(8)17-14(20)13(19)16-10(3)9(2)7-18/h4-6,9-10,18H,7H2,1-3H3,(H,16,19)(H,17,20). The number of amides is 2. The van der Waals surface area contributed by atoms with Crippen LogP contribution in [0.5, 0.6) is 0 Å². The van der Waals surface area contributed by atoms with E-state index >= 15 is 0 Å². The number of halogens is 1. The molecular formula is C14H19ClN2O3. The topological polar surface area (TPSA) is 78.4 Å². The first-order chi connectivity index (χ1) is 9.35. The van der Waals surface area contributed by atoms with Gasteiger partial charge in [0.2, 0.25) is 0 Å². The SMILES string of the molecule is Cc1ccc(Cl)cc1NC(=O)C(=O)NC(C)C(C)CO. The smallest absolute Gasteiger partial charge is 0.313 e. The number of anilines is 1. The van der Waals surface area contributed by atoms with Crippen molar-refractivity contribution >= 4 is 29.1 Å². The average Bonchev–Trinajstić information content (AvgIpc) is 2.41. The summed E-state index contributed by atoms with van der Waals surface area (Å²) in [5.74, 6) is -1.62. The minimum Gasteiger partial charge on any atom is -0.396 e. The van der Waals surface area contributed by atoms with E-state index in [-0.39, 0.29) is 18.6 Å².